The SMILES string of the molecule is CC[C@@H](CO)NC(=O)CCc1c(-c2ccc(F)cc2)[nH]c2ccc(F)cc12. The Hall–Kier alpha value is -2.73. The van der Waals surface area contributed by atoms with Crippen LogP contribution in [0.3, 0.4) is 0 Å². The molecule has 0 saturated heterocycles. The van der Waals surface area contributed by atoms with E-state index in [2.05, 4.69) is 10.3 Å². The summed E-state index contributed by atoms with van der Waals surface area (Å²) in [4.78, 5) is 15.5. The summed E-state index contributed by atoms with van der Waals surface area (Å²) >= 11 is 0. The van der Waals surface area contributed by atoms with Crippen LogP contribution < -0.4 is 5.32 Å². The first-order chi connectivity index (χ1) is 13.0. The van der Waals surface area contributed by atoms with E-state index in [9.17, 15) is 18.7 Å². The van der Waals surface area contributed by atoms with Crippen molar-refractivity contribution in [2.24, 2.45) is 0 Å². The number of rotatable bonds is 7. The molecule has 27 heavy (non-hydrogen) atoms. The van der Waals surface area contributed by atoms with Gasteiger partial charge in [-0.25, -0.2) is 8.78 Å². The van der Waals surface area contributed by atoms with Crippen molar-refractivity contribution >= 4 is 16.8 Å². The molecule has 0 radical (unpaired) electrons. The lowest BCUT2D eigenvalue weighted by molar-refractivity contribution is -0.122. The number of nitrogens with one attached hydrogen (secondary N) is 2. The smallest absolute Gasteiger partial charge is 0.220 e. The second kappa shape index (κ2) is 8.31. The molecule has 0 fully saturated rings. The van der Waals surface area contributed by atoms with Crippen molar-refractivity contribution in [2.75, 3.05) is 6.61 Å². The van der Waals surface area contributed by atoms with Gasteiger partial charge in [0, 0.05) is 23.0 Å². The Kier molecular flexibility index (Phi) is 5.86. The van der Waals surface area contributed by atoms with Crippen molar-refractivity contribution in [1.29, 1.82) is 0 Å². The van der Waals surface area contributed by atoms with Crippen molar-refractivity contribution in [1.82, 2.24) is 10.3 Å². The maximum atomic E-state index is 13.8. The van der Waals surface area contributed by atoms with E-state index in [1.807, 2.05) is 6.92 Å². The first-order valence-corrected chi connectivity index (χ1v) is 8.98. The molecule has 6 heteroatoms. The van der Waals surface area contributed by atoms with Gasteiger partial charge in [0.1, 0.15) is 11.6 Å². The second-order valence-electron chi connectivity index (χ2n) is 6.53. The van der Waals surface area contributed by atoms with Crippen LogP contribution in [0.5, 0.6) is 0 Å². The Bertz CT molecular complexity index is 931. The lowest BCUT2D eigenvalue weighted by atomic mass is 10.0. The largest absolute Gasteiger partial charge is 0.394 e. The average Bonchev–Trinajstić information content (AvgIpc) is 3.02. The molecule has 0 saturated carbocycles. The molecule has 4 nitrogen and oxygen atoms in total. The fraction of sp³-hybridized carbons (Fsp3) is 0.286. The topological polar surface area (TPSA) is 65.1 Å². The lowest BCUT2D eigenvalue weighted by Crippen LogP contribution is -2.37. The number of aryl methyl sites for hydroxylation is 1. The molecule has 1 atom stereocenters. The number of H-pyrrole nitrogens is 1. The second-order valence-corrected chi connectivity index (χ2v) is 6.53. The number of hydrogen-bond acceptors (Lipinski definition) is 2. The maximum absolute atomic E-state index is 13.8. The summed E-state index contributed by atoms with van der Waals surface area (Å²) in [5, 5.41) is 12.7. The van der Waals surface area contributed by atoms with Crippen LogP contribution in [0.15, 0.2) is 42.5 Å². The van der Waals surface area contributed by atoms with Crippen molar-refractivity contribution in [2.45, 2.75) is 32.2 Å². The quantitative estimate of drug-likeness (QED) is 0.588. The van der Waals surface area contributed by atoms with E-state index >= 15 is 0 Å². The Balaban J connectivity index is 1.92. The van der Waals surface area contributed by atoms with Crippen LogP contribution in [-0.2, 0) is 11.2 Å². The molecular weight excluding hydrogens is 350 g/mol. The van der Waals surface area contributed by atoms with E-state index < -0.39 is 0 Å². The van der Waals surface area contributed by atoms with Gasteiger partial charge in [-0.15, -0.1) is 0 Å². The fourth-order valence-corrected chi connectivity index (χ4v) is 3.16. The summed E-state index contributed by atoms with van der Waals surface area (Å²) in [6.45, 7) is 1.78. The van der Waals surface area contributed by atoms with Gasteiger partial charge in [-0.1, -0.05) is 6.92 Å². The summed E-state index contributed by atoms with van der Waals surface area (Å²) in [5.74, 6) is -0.868. The number of fused-ring (bicyclic) bond motifs is 1. The van der Waals surface area contributed by atoms with Crippen LogP contribution in [-0.4, -0.2) is 28.6 Å². The van der Waals surface area contributed by atoms with E-state index in [-0.39, 0.29) is 36.6 Å². The molecule has 1 amide bonds. The molecule has 142 valence electrons. The number of aliphatic hydroxyl groups is 1. The van der Waals surface area contributed by atoms with E-state index in [0.29, 0.717) is 18.2 Å². The molecule has 2 aromatic carbocycles. The Morgan fingerprint density at radius 3 is 2.52 bits per heavy atom. The normalized spacial score (nSPS) is 12.3. The van der Waals surface area contributed by atoms with Gasteiger partial charge in [-0.2, -0.15) is 0 Å². The molecule has 0 spiro atoms. The number of aromatic nitrogens is 1. The van der Waals surface area contributed by atoms with Gasteiger partial charge in [-0.05, 0) is 66.4 Å². The van der Waals surface area contributed by atoms with Crippen LogP contribution in [0, 0.1) is 11.6 Å². The van der Waals surface area contributed by atoms with Crippen molar-refractivity contribution in [3.63, 3.8) is 0 Å². The van der Waals surface area contributed by atoms with Crippen LogP contribution in [0.25, 0.3) is 22.2 Å². The third-order valence-electron chi connectivity index (χ3n) is 4.68. The molecule has 3 rings (SSSR count). The monoisotopic (exact) mass is 372 g/mol. The first kappa shape index (κ1) is 19.0. The predicted octanol–water partition coefficient (Wildman–Crippen LogP) is 3.93. The molecule has 1 aromatic heterocycles. The van der Waals surface area contributed by atoms with Gasteiger partial charge in [0.25, 0.3) is 0 Å². The number of hydrogen-bond donors (Lipinski definition) is 3. The average molecular weight is 372 g/mol. The van der Waals surface area contributed by atoms with Crippen LogP contribution >= 0.6 is 0 Å². The zero-order valence-electron chi connectivity index (χ0n) is 15.1. The van der Waals surface area contributed by atoms with E-state index in [4.69, 9.17) is 0 Å². The summed E-state index contributed by atoms with van der Waals surface area (Å²) in [6, 6.07) is 10.2. The number of aromatic amines is 1. The molecule has 0 bridgehead atoms. The Morgan fingerprint density at radius 1 is 1.15 bits per heavy atom. The molecule has 0 aliphatic rings. The minimum Gasteiger partial charge on any atom is -0.394 e. The summed E-state index contributed by atoms with van der Waals surface area (Å²) in [5.41, 5.74) is 3.08. The van der Waals surface area contributed by atoms with Gasteiger partial charge >= 0.3 is 0 Å². The standard InChI is InChI=1S/C21H22F2N2O2/c1-2-16(12-26)24-20(27)10-8-17-18-11-15(23)7-9-19(18)25-21(17)13-3-5-14(22)6-4-13/h3-7,9,11,16,25-26H,2,8,10,12H2,1H3,(H,24,27)/t16-/m0/s1. The van der Waals surface area contributed by atoms with Gasteiger partial charge in [-0.3, -0.25) is 4.79 Å². The van der Waals surface area contributed by atoms with E-state index in [1.165, 1.54) is 24.3 Å². The molecule has 3 aromatic rings. The van der Waals surface area contributed by atoms with Gasteiger partial charge in [0.2, 0.25) is 5.91 Å². The fourth-order valence-electron chi connectivity index (χ4n) is 3.16. The molecule has 3 N–H and O–H groups in total. The number of carbonyl (C=O) groups is 1. The third-order valence-corrected chi connectivity index (χ3v) is 4.68. The predicted molar refractivity (Wildman–Crippen MR) is 101 cm³/mol. The highest BCUT2D eigenvalue weighted by atomic mass is 19.1. The third kappa shape index (κ3) is 4.34. The summed E-state index contributed by atoms with van der Waals surface area (Å²) in [7, 11) is 0. The first-order valence-electron chi connectivity index (χ1n) is 8.98. The van der Waals surface area contributed by atoms with Gasteiger partial charge < -0.3 is 15.4 Å². The van der Waals surface area contributed by atoms with Crippen LogP contribution in [0.4, 0.5) is 8.78 Å². The zero-order chi connectivity index (χ0) is 19.4. The molecule has 0 unspecified atom stereocenters. The molecule has 0 aliphatic heterocycles. The minimum atomic E-state index is -0.357. The maximum Gasteiger partial charge on any atom is 0.220 e. The zero-order valence-corrected chi connectivity index (χ0v) is 15.1. The van der Waals surface area contributed by atoms with E-state index in [1.54, 1.807) is 18.2 Å². The van der Waals surface area contributed by atoms with Crippen LogP contribution in [0.2, 0.25) is 0 Å². The van der Waals surface area contributed by atoms with Crippen molar-refractivity contribution in [3.05, 3.63) is 59.7 Å². The number of aliphatic hydroxyl groups excluding tert-OH is 1. The van der Waals surface area contributed by atoms with Crippen molar-refractivity contribution in [3.8, 4) is 11.3 Å². The molecule has 1 heterocycles. The van der Waals surface area contributed by atoms with Gasteiger partial charge in [0.15, 0.2) is 0 Å². The van der Waals surface area contributed by atoms with Crippen molar-refractivity contribution < 1.29 is 18.7 Å². The Morgan fingerprint density at radius 2 is 1.85 bits per heavy atom. The molecular formula is C21H22F2N2O2. The number of benzene rings is 2. The highest BCUT2D eigenvalue weighted by molar-refractivity contribution is 5.91. The summed E-state index contributed by atoms with van der Waals surface area (Å²) < 4.78 is 27.0. The lowest BCUT2D eigenvalue weighted by Gasteiger charge is -2.14. The number of amides is 1. The number of carbonyl (C=O) groups excluding carboxylic acids is 1. The number of halogens is 2. The summed E-state index contributed by atoms with van der Waals surface area (Å²) in [6.07, 6.45) is 1.24. The highest BCUT2D eigenvalue weighted by Crippen LogP contribution is 2.32. The highest BCUT2D eigenvalue weighted by Gasteiger charge is 2.16. The van der Waals surface area contributed by atoms with E-state index in [0.717, 1.165) is 22.3 Å². The van der Waals surface area contributed by atoms with Gasteiger partial charge in [0.05, 0.1) is 12.6 Å². The minimum absolute atomic E-state index is 0.110. The Labute approximate surface area is 156 Å². The van der Waals surface area contributed by atoms with Crippen LogP contribution in [0.1, 0.15) is 25.3 Å². The molecule has 0 aliphatic carbocycles.